The summed E-state index contributed by atoms with van der Waals surface area (Å²) in [4.78, 5) is 11.7. The van der Waals surface area contributed by atoms with Gasteiger partial charge in [0.1, 0.15) is 11.7 Å². The fourth-order valence-electron chi connectivity index (χ4n) is 2.81. The van der Waals surface area contributed by atoms with Crippen molar-refractivity contribution in [3.8, 4) is 0 Å². The van der Waals surface area contributed by atoms with Gasteiger partial charge >= 0.3 is 0 Å². The van der Waals surface area contributed by atoms with Crippen LogP contribution in [0.2, 0.25) is 0 Å². The van der Waals surface area contributed by atoms with E-state index in [1.54, 1.807) is 0 Å². The van der Waals surface area contributed by atoms with Crippen LogP contribution in [0.4, 0.5) is 5.69 Å². The Bertz CT molecular complexity index is 593. The fraction of sp³-hybridized carbons (Fsp3) is 0.474. The number of benzene rings is 1. The Balaban J connectivity index is 2.17. The third kappa shape index (κ3) is 5.03. The first-order valence-electron chi connectivity index (χ1n) is 8.41. The van der Waals surface area contributed by atoms with Crippen LogP contribution >= 0.6 is 0 Å². The minimum atomic E-state index is 0.653. The first-order valence-corrected chi connectivity index (χ1v) is 8.41. The molecule has 1 aromatic rings. The highest BCUT2D eigenvalue weighted by atomic mass is 15.2. The zero-order valence-corrected chi connectivity index (χ0v) is 14.5. The fourth-order valence-corrected chi connectivity index (χ4v) is 2.81. The Morgan fingerprint density at radius 2 is 2.00 bits per heavy atom. The molecule has 0 unspecified atom stereocenters. The molecule has 0 spiro atoms. The maximum absolute atomic E-state index is 5.78. The lowest BCUT2D eigenvalue weighted by atomic mass is 9.97. The lowest BCUT2D eigenvalue weighted by Gasteiger charge is -2.32. The molecule has 0 bridgehead atoms. The van der Waals surface area contributed by atoms with Crippen molar-refractivity contribution < 1.29 is 0 Å². The van der Waals surface area contributed by atoms with E-state index in [2.05, 4.69) is 29.0 Å². The van der Waals surface area contributed by atoms with Gasteiger partial charge in [0.25, 0.3) is 0 Å². The highest BCUT2D eigenvalue weighted by molar-refractivity contribution is 6.02. The van der Waals surface area contributed by atoms with Crippen molar-refractivity contribution in [3.63, 3.8) is 0 Å². The van der Waals surface area contributed by atoms with E-state index < -0.39 is 0 Å². The number of para-hydroxylation sites is 1. The van der Waals surface area contributed by atoms with Crippen LogP contribution in [-0.2, 0) is 0 Å². The van der Waals surface area contributed by atoms with Crippen LogP contribution in [0.25, 0.3) is 0 Å². The average Bonchev–Trinajstić information content (AvgIpc) is 2.57. The van der Waals surface area contributed by atoms with E-state index in [-0.39, 0.29) is 0 Å². The predicted molar refractivity (Wildman–Crippen MR) is 99.5 cm³/mol. The van der Waals surface area contributed by atoms with E-state index in [4.69, 9.17) is 10.7 Å². The third-order valence-electron chi connectivity index (χ3n) is 4.26. The molecule has 1 saturated heterocycles. The van der Waals surface area contributed by atoms with Gasteiger partial charge in [-0.15, -0.1) is 0 Å². The van der Waals surface area contributed by atoms with Gasteiger partial charge in [-0.3, -0.25) is 0 Å². The number of rotatable bonds is 3. The van der Waals surface area contributed by atoms with Gasteiger partial charge in [-0.05, 0) is 63.8 Å². The number of aliphatic imine (C=N–C) groups is 2. The van der Waals surface area contributed by atoms with Crippen LogP contribution in [0.15, 0.2) is 46.4 Å². The number of hydrogen-bond donors (Lipinski definition) is 1. The van der Waals surface area contributed by atoms with E-state index in [1.807, 2.05) is 38.1 Å². The SMILES string of the molecule is C\C=C/C(=N\C(C)=N\c1ccccc1C)N1CCC(CN)CC1. The number of amidine groups is 2. The van der Waals surface area contributed by atoms with Gasteiger partial charge in [-0.1, -0.05) is 24.3 Å². The van der Waals surface area contributed by atoms with E-state index in [0.717, 1.165) is 49.8 Å². The second-order valence-corrected chi connectivity index (χ2v) is 6.08. The molecule has 0 amide bonds. The number of likely N-dealkylation sites (tertiary alicyclic amines) is 1. The molecule has 124 valence electrons. The monoisotopic (exact) mass is 312 g/mol. The molecule has 23 heavy (non-hydrogen) atoms. The summed E-state index contributed by atoms with van der Waals surface area (Å²) < 4.78 is 0. The number of hydrogen-bond acceptors (Lipinski definition) is 2. The molecule has 1 aliphatic heterocycles. The number of nitrogens with two attached hydrogens (primary N) is 1. The molecule has 2 N–H and O–H groups in total. The Kier molecular flexibility index (Phi) is 6.53. The van der Waals surface area contributed by atoms with Gasteiger partial charge in [-0.25, -0.2) is 9.98 Å². The van der Waals surface area contributed by atoms with Crippen LogP contribution in [-0.4, -0.2) is 36.2 Å². The molecule has 0 saturated carbocycles. The molecule has 1 fully saturated rings. The van der Waals surface area contributed by atoms with Gasteiger partial charge in [0.15, 0.2) is 0 Å². The zero-order valence-electron chi connectivity index (χ0n) is 14.5. The van der Waals surface area contributed by atoms with Crippen molar-refractivity contribution in [3.05, 3.63) is 42.0 Å². The molecule has 0 atom stereocenters. The molecular weight excluding hydrogens is 284 g/mol. The molecule has 1 aromatic carbocycles. The normalized spacial score (nSPS) is 18.0. The lowest BCUT2D eigenvalue weighted by Crippen LogP contribution is -2.39. The third-order valence-corrected chi connectivity index (χ3v) is 4.26. The first kappa shape index (κ1) is 17.4. The molecule has 1 aliphatic rings. The van der Waals surface area contributed by atoms with Crippen molar-refractivity contribution in [2.45, 2.75) is 33.6 Å². The molecule has 4 nitrogen and oxygen atoms in total. The van der Waals surface area contributed by atoms with E-state index in [0.29, 0.717) is 5.92 Å². The molecule has 1 heterocycles. The zero-order chi connectivity index (χ0) is 16.7. The maximum Gasteiger partial charge on any atom is 0.130 e. The summed E-state index contributed by atoms with van der Waals surface area (Å²) in [7, 11) is 0. The van der Waals surface area contributed by atoms with Crippen molar-refractivity contribution in [1.82, 2.24) is 4.90 Å². The predicted octanol–water partition coefficient (Wildman–Crippen LogP) is 3.69. The summed E-state index contributed by atoms with van der Waals surface area (Å²) >= 11 is 0. The number of aryl methyl sites for hydroxylation is 1. The smallest absolute Gasteiger partial charge is 0.130 e. The van der Waals surface area contributed by atoms with Crippen LogP contribution in [0.3, 0.4) is 0 Å². The van der Waals surface area contributed by atoms with Crippen molar-refractivity contribution in [2.24, 2.45) is 21.6 Å². The summed E-state index contributed by atoms with van der Waals surface area (Å²) in [5.41, 5.74) is 7.93. The van der Waals surface area contributed by atoms with Gasteiger partial charge in [-0.2, -0.15) is 0 Å². The summed E-state index contributed by atoms with van der Waals surface area (Å²) in [6, 6.07) is 8.13. The number of piperidine rings is 1. The highest BCUT2D eigenvalue weighted by Crippen LogP contribution is 2.19. The van der Waals surface area contributed by atoms with Gasteiger partial charge < -0.3 is 10.6 Å². The van der Waals surface area contributed by atoms with Gasteiger partial charge in [0.05, 0.1) is 5.69 Å². The molecular formula is C19H28N4. The van der Waals surface area contributed by atoms with Crippen molar-refractivity contribution in [2.75, 3.05) is 19.6 Å². The summed E-state index contributed by atoms with van der Waals surface area (Å²) in [6.45, 7) is 8.88. The van der Waals surface area contributed by atoms with Crippen molar-refractivity contribution in [1.29, 1.82) is 0 Å². The quantitative estimate of drug-likeness (QED) is 0.683. The standard InChI is InChI=1S/C19H28N4/c1-4-7-19(23-12-10-17(14-20)11-13-23)22-16(3)21-18-9-6-5-8-15(18)2/h4-9,17H,10-14,20H2,1-3H3/b7-4-,21-16+,22-19+. The Morgan fingerprint density at radius 1 is 1.30 bits per heavy atom. The second kappa shape index (κ2) is 8.63. The molecule has 2 rings (SSSR count). The van der Waals surface area contributed by atoms with Crippen LogP contribution in [0.1, 0.15) is 32.3 Å². The first-order chi connectivity index (χ1) is 11.1. The van der Waals surface area contributed by atoms with E-state index in [1.165, 1.54) is 5.56 Å². The number of nitrogens with zero attached hydrogens (tertiary/aromatic N) is 3. The Morgan fingerprint density at radius 3 is 2.61 bits per heavy atom. The Hall–Kier alpha value is -1.94. The van der Waals surface area contributed by atoms with Gasteiger partial charge in [0, 0.05) is 13.1 Å². The maximum atomic E-state index is 5.78. The molecule has 0 radical (unpaired) electrons. The van der Waals surface area contributed by atoms with E-state index >= 15 is 0 Å². The highest BCUT2D eigenvalue weighted by Gasteiger charge is 2.19. The molecule has 0 aromatic heterocycles. The number of allylic oxidation sites excluding steroid dienone is 1. The van der Waals surface area contributed by atoms with Gasteiger partial charge in [0.2, 0.25) is 0 Å². The largest absolute Gasteiger partial charge is 0.357 e. The molecule has 4 heteroatoms. The summed E-state index contributed by atoms with van der Waals surface area (Å²) in [5, 5.41) is 0. The van der Waals surface area contributed by atoms with Crippen LogP contribution in [0.5, 0.6) is 0 Å². The minimum Gasteiger partial charge on any atom is -0.357 e. The minimum absolute atomic E-state index is 0.653. The Labute approximate surface area is 139 Å². The lowest BCUT2D eigenvalue weighted by molar-refractivity contribution is 0.272. The van der Waals surface area contributed by atoms with Crippen LogP contribution < -0.4 is 5.73 Å². The second-order valence-electron chi connectivity index (χ2n) is 6.08. The van der Waals surface area contributed by atoms with Crippen LogP contribution in [0, 0.1) is 12.8 Å². The van der Waals surface area contributed by atoms with Crippen molar-refractivity contribution >= 4 is 17.4 Å². The molecule has 0 aliphatic carbocycles. The summed E-state index contributed by atoms with van der Waals surface area (Å²) in [6.07, 6.45) is 6.39. The summed E-state index contributed by atoms with van der Waals surface area (Å²) in [5.74, 6) is 2.44. The average molecular weight is 312 g/mol. The van der Waals surface area contributed by atoms with E-state index in [9.17, 15) is 0 Å². The topological polar surface area (TPSA) is 54.0 Å².